The average molecular weight is 289 g/mol. The zero-order valence-corrected chi connectivity index (χ0v) is 11.9. The van der Waals surface area contributed by atoms with Crippen molar-refractivity contribution < 1.29 is 13.9 Å². The highest BCUT2D eigenvalue weighted by molar-refractivity contribution is 6.30. The SMILES string of the molecule is CC(C)(C)OC(=O)Nc1ccc(Cl)cc1C(F)CN. The summed E-state index contributed by atoms with van der Waals surface area (Å²) < 4.78 is 18.8. The van der Waals surface area contributed by atoms with E-state index in [1.165, 1.54) is 12.1 Å². The Balaban J connectivity index is 2.91. The van der Waals surface area contributed by atoms with Gasteiger partial charge in [-0.25, -0.2) is 9.18 Å². The predicted molar refractivity (Wildman–Crippen MR) is 74.2 cm³/mol. The van der Waals surface area contributed by atoms with Gasteiger partial charge in [-0.15, -0.1) is 0 Å². The number of carbonyl (C=O) groups is 1. The van der Waals surface area contributed by atoms with Crippen LogP contribution in [0, 0.1) is 0 Å². The number of amides is 1. The summed E-state index contributed by atoms with van der Waals surface area (Å²) in [5.74, 6) is 0. The number of alkyl halides is 1. The van der Waals surface area contributed by atoms with Gasteiger partial charge in [-0.3, -0.25) is 5.32 Å². The number of rotatable bonds is 3. The van der Waals surface area contributed by atoms with Crippen molar-refractivity contribution in [2.45, 2.75) is 32.5 Å². The van der Waals surface area contributed by atoms with E-state index >= 15 is 0 Å². The van der Waals surface area contributed by atoms with E-state index in [9.17, 15) is 9.18 Å². The fourth-order valence-electron chi connectivity index (χ4n) is 1.45. The normalized spacial score (nSPS) is 12.9. The van der Waals surface area contributed by atoms with Crippen LogP contribution in [0.25, 0.3) is 0 Å². The second-order valence-electron chi connectivity index (χ2n) is 5.06. The zero-order chi connectivity index (χ0) is 14.6. The first-order valence-corrected chi connectivity index (χ1v) is 6.24. The monoisotopic (exact) mass is 288 g/mol. The Morgan fingerprint density at radius 2 is 2.16 bits per heavy atom. The molecule has 1 aromatic carbocycles. The molecule has 0 saturated carbocycles. The molecule has 0 saturated heterocycles. The molecule has 1 atom stereocenters. The summed E-state index contributed by atoms with van der Waals surface area (Å²) in [5, 5.41) is 2.87. The lowest BCUT2D eigenvalue weighted by Gasteiger charge is -2.21. The first-order chi connectivity index (χ1) is 8.73. The number of nitrogens with one attached hydrogen (secondary N) is 1. The van der Waals surface area contributed by atoms with Crippen molar-refractivity contribution >= 4 is 23.4 Å². The maximum absolute atomic E-state index is 13.7. The Labute approximate surface area is 117 Å². The largest absolute Gasteiger partial charge is 0.444 e. The summed E-state index contributed by atoms with van der Waals surface area (Å²) in [5.41, 5.74) is 5.21. The Morgan fingerprint density at radius 1 is 1.53 bits per heavy atom. The second kappa shape index (κ2) is 6.21. The zero-order valence-electron chi connectivity index (χ0n) is 11.2. The average Bonchev–Trinajstić information content (AvgIpc) is 2.28. The van der Waals surface area contributed by atoms with E-state index in [1.807, 2.05) is 0 Å². The second-order valence-corrected chi connectivity index (χ2v) is 5.50. The molecule has 0 heterocycles. The van der Waals surface area contributed by atoms with Crippen molar-refractivity contribution in [1.29, 1.82) is 0 Å². The van der Waals surface area contributed by atoms with Gasteiger partial charge in [0.1, 0.15) is 11.8 Å². The Hall–Kier alpha value is -1.33. The Bertz CT molecular complexity index is 460. The van der Waals surface area contributed by atoms with E-state index in [0.717, 1.165) is 0 Å². The third kappa shape index (κ3) is 5.04. The lowest BCUT2D eigenvalue weighted by atomic mass is 10.1. The van der Waals surface area contributed by atoms with Gasteiger partial charge in [-0.1, -0.05) is 11.6 Å². The van der Waals surface area contributed by atoms with Gasteiger partial charge in [0.25, 0.3) is 0 Å². The van der Waals surface area contributed by atoms with Crippen LogP contribution in [-0.4, -0.2) is 18.2 Å². The molecule has 3 N–H and O–H groups in total. The molecule has 0 spiro atoms. The molecule has 0 aromatic heterocycles. The number of nitrogens with two attached hydrogens (primary N) is 1. The molecule has 19 heavy (non-hydrogen) atoms. The molecular formula is C13H18ClFN2O2. The van der Waals surface area contributed by atoms with Gasteiger partial charge in [0.2, 0.25) is 0 Å². The number of ether oxygens (including phenoxy) is 1. The molecule has 1 unspecified atom stereocenters. The minimum absolute atomic E-state index is 0.191. The first-order valence-electron chi connectivity index (χ1n) is 5.86. The fraction of sp³-hybridized carbons (Fsp3) is 0.462. The lowest BCUT2D eigenvalue weighted by Crippen LogP contribution is -2.27. The molecule has 0 radical (unpaired) electrons. The third-order valence-corrected chi connectivity index (χ3v) is 2.43. The standard InChI is InChI=1S/C13H18ClFN2O2/c1-13(2,3)19-12(18)17-11-5-4-8(14)6-9(11)10(15)7-16/h4-6,10H,7,16H2,1-3H3,(H,17,18). The van der Waals surface area contributed by atoms with Gasteiger partial charge >= 0.3 is 6.09 Å². The van der Waals surface area contributed by atoms with E-state index in [0.29, 0.717) is 10.7 Å². The Kier molecular flexibility index (Phi) is 5.14. The number of halogens is 2. The van der Waals surface area contributed by atoms with Gasteiger partial charge < -0.3 is 10.5 Å². The van der Waals surface area contributed by atoms with Gasteiger partial charge in [-0.2, -0.15) is 0 Å². The minimum atomic E-state index is -1.40. The molecule has 1 rings (SSSR count). The van der Waals surface area contributed by atoms with E-state index in [2.05, 4.69) is 5.32 Å². The van der Waals surface area contributed by atoms with Crippen LogP contribution in [0.5, 0.6) is 0 Å². The number of hydrogen-bond donors (Lipinski definition) is 2. The summed E-state index contributed by atoms with van der Waals surface area (Å²) in [7, 11) is 0. The molecule has 1 amide bonds. The van der Waals surface area contributed by atoms with Crippen LogP contribution in [0.15, 0.2) is 18.2 Å². The molecular weight excluding hydrogens is 271 g/mol. The number of hydrogen-bond acceptors (Lipinski definition) is 3. The number of anilines is 1. The highest BCUT2D eigenvalue weighted by atomic mass is 35.5. The summed E-state index contributed by atoms with van der Waals surface area (Å²) in [6, 6.07) is 4.51. The fourth-order valence-corrected chi connectivity index (χ4v) is 1.63. The molecule has 4 nitrogen and oxygen atoms in total. The van der Waals surface area contributed by atoms with Crippen molar-refractivity contribution in [3.63, 3.8) is 0 Å². The maximum atomic E-state index is 13.7. The first kappa shape index (κ1) is 15.7. The quantitative estimate of drug-likeness (QED) is 0.892. The van der Waals surface area contributed by atoms with Gasteiger partial charge in [0.15, 0.2) is 0 Å². The molecule has 106 valence electrons. The van der Waals surface area contributed by atoms with Crippen LogP contribution in [-0.2, 0) is 4.74 Å². The Morgan fingerprint density at radius 3 is 2.68 bits per heavy atom. The van der Waals surface area contributed by atoms with E-state index < -0.39 is 17.9 Å². The summed E-state index contributed by atoms with van der Waals surface area (Å²) in [6.07, 6.45) is -2.05. The highest BCUT2D eigenvalue weighted by Gasteiger charge is 2.19. The number of carbonyl (C=O) groups excluding carboxylic acids is 1. The summed E-state index contributed by atoms with van der Waals surface area (Å²) in [6.45, 7) is 5.04. The number of benzene rings is 1. The third-order valence-electron chi connectivity index (χ3n) is 2.19. The van der Waals surface area contributed by atoms with Crippen LogP contribution in [0.1, 0.15) is 32.5 Å². The van der Waals surface area contributed by atoms with E-state index in [1.54, 1.807) is 26.8 Å². The molecule has 0 bridgehead atoms. The molecule has 0 aliphatic heterocycles. The van der Waals surface area contributed by atoms with E-state index in [-0.39, 0.29) is 12.1 Å². The minimum Gasteiger partial charge on any atom is -0.444 e. The maximum Gasteiger partial charge on any atom is 0.412 e. The summed E-state index contributed by atoms with van der Waals surface area (Å²) in [4.78, 5) is 11.7. The van der Waals surface area contributed by atoms with Crippen LogP contribution in [0.4, 0.5) is 14.9 Å². The lowest BCUT2D eigenvalue weighted by molar-refractivity contribution is 0.0635. The van der Waals surface area contributed by atoms with E-state index in [4.69, 9.17) is 22.1 Å². The molecule has 1 aromatic rings. The van der Waals surface area contributed by atoms with Crippen molar-refractivity contribution in [1.82, 2.24) is 0 Å². The van der Waals surface area contributed by atoms with Gasteiger partial charge in [0.05, 0.1) is 5.69 Å². The van der Waals surface area contributed by atoms with Crippen molar-refractivity contribution in [2.75, 3.05) is 11.9 Å². The predicted octanol–water partition coefficient (Wildman–Crippen LogP) is 3.66. The van der Waals surface area contributed by atoms with Crippen molar-refractivity contribution in [2.24, 2.45) is 5.73 Å². The highest BCUT2D eigenvalue weighted by Crippen LogP contribution is 2.28. The van der Waals surface area contributed by atoms with Crippen molar-refractivity contribution in [3.8, 4) is 0 Å². The molecule has 0 aliphatic rings. The van der Waals surface area contributed by atoms with Crippen LogP contribution in [0.2, 0.25) is 5.02 Å². The van der Waals surface area contributed by atoms with Gasteiger partial charge in [0, 0.05) is 17.1 Å². The topological polar surface area (TPSA) is 64.3 Å². The van der Waals surface area contributed by atoms with Gasteiger partial charge in [-0.05, 0) is 39.0 Å². The smallest absolute Gasteiger partial charge is 0.412 e. The van der Waals surface area contributed by atoms with Crippen molar-refractivity contribution in [3.05, 3.63) is 28.8 Å². The van der Waals surface area contributed by atoms with Crippen LogP contribution in [0.3, 0.4) is 0 Å². The summed E-state index contributed by atoms with van der Waals surface area (Å²) >= 11 is 5.81. The van der Waals surface area contributed by atoms with Crippen LogP contribution >= 0.6 is 11.6 Å². The van der Waals surface area contributed by atoms with Crippen LogP contribution < -0.4 is 11.1 Å². The molecule has 0 fully saturated rings. The molecule has 0 aliphatic carbocycles. The molecule has 6 heteroatoms.